The van der Waals surface area contributed by atoms with Crippen LogP contribution in [0.25, 0.3) is 0 Å². The van der Waals surface area contributed by atoms with Gasteiger partial charge in [-0.15, -0.1) is 23.7 Å². The SMILES string of the molecule is Cl.NCc1ccc2c(c1)NC(=O)CO2.O=C1NC(C(=O)O)Nc2sc3c(c21)CCCN(CC1CCCCO1)C3=O. The van der Waals surface area contributed by atoms with E-state index in [0.717, 1.165) is 43.4 Å². The van der Waals surface area contributed by atoms with Crippen LogP contribution in [0.1, 0.15) is 56.8 Å². The molecule has 1 saturated heterocycles. The van der Waals surface area contributed by atoms with Crippen molar-refractivity contribution in [1.29, 1.82) is 0 Å². The number of carbonyl (C=O) groups excluding carboxylic acids is 3. The molecule has 2 unspecified atom stereocenters. The number of nitrogens with zero attached hydrogens (tertiary/aromatic N) is 1. The number of carbonyl (C=O) groups is 4. The van der Waals surface area contributed by atoms with E-state index in [-0.39, 0.29) is 36.9 Å². The molecule has 2 atom stereocenters. The zero-order valence-corrected chi connectivity index (χ0v) is 23.3. The number of carboxylic acids is 1. The highest BCUT2D eigenvalue weighted by Gasteiger charge is 2.37. The molecule has 5 heterocycles. The Morgan fingerprint density at radius 1 is 1.18 bits per heavy atom. The third kappa shape index (κ3) is 6.33. The molecule has 3 amide bonds. The van der Waals surface area contributed by atoms with Crippen LogP contribution in [0.2, 0.25) is 0 Å². The van der Waals surface area contributed by atoms with E-state index in [0.29, 0.717) is 52.9 Å². The van der Waals surface area contributed by atoms with Crippen LogP contribution in [0.4, 0.5) is 10.7 Å². The van der Waals surface area contributed by atoms with Gasteiger partial charge in [0.05, 0.1) is 22.2 Å². The lowest BCUT2D eigenvalue weighted by molar-refractivity contribution is -0.138. The normalized spacial score (nSPS) is 21.3. The molecule has 12 nitrogen and oxygen atoms in total. The fourth-order valence-electron chi connectivity index (χ4n) is 5.03. The fourth-order valence-corrected chi connectivity index (χ4v) is 6.28. The summed E-state index contributed by atoms with van der Waals surface area (Å²) in [5.41, 5.74) is 8.30. The molecule has 1 fully saturated rings. The number of carboxylic acid groups (broad SMARTS) is 1. The minimum Gasteiger partial charge on any atom is -0.482 e. The second-order valence-electron chi connectivity index (χ2n) is 9.72. The average molecular weight is 594 g/mol. The lowest BCUT2D eigenvalue weighted by atomic mass is 10.0. The molecule has 6 N–H and O–H groups in total. The summed E-state index contributed by atoms with van der Waals surface area (Å²) >= 11 is 1.18. The van der Waals surface area contributed by atoms with Crippen LogP contribution < -0.4 is 26.4 Å². The van der Waals surface area contributed by atoms with Crippen molar-refractivity contribution in [3.8, 4) is 5.75 Å². The molecule has 1 aromatic carbocycles. The summed E-state index contributed by atoms with van der Waals surface area (Å²) in [6.45, 7) is 2.50. The molecule has 14 heteroatoms. The third-order valence-corrected chi connectivity index (χ3v) is 8.13. The molecule has 4 aliphatic heterocycles. The lowest BCUT2D eigenvalue weighted by Crippen LogP contribution is -2.49. The standard InChI is InChI=1S/C17H21N3O5S.C9H10N2O2.ClH/c21-14-11-10-5-3-6-20(8-9-4-1-2-7-25-9)16(22)12(10)26-15(11)19-13(18-14)17(23)24;10-4-6-1-2-8-7(3-6)11-9(12)5-13-8;/h9,13,19H,1-8H2,(H,18,21)(H,23,24);1-3H,4-5,10H2,(H,11,12);1H. The van der Waals surface area contributed by atoms with E-state index in [1.807, 2.05) is 23.1 Å². The molecule has 0 spiro atoms. The largest absolute Gasteiger partial charge is 0.482 e. The Morgan fingerprint density at radius 2 is 2.00 bits per heavy atom. The van der Waals surface area contributed by atoms with Crippen molar-refractivity contribution in [2.75, 3.05) is 36.9 Å². The number of aliphatic carboxylic acids is 1. The Bertz CT molecular complexity index is 1300. The summed E-state index contributed by atoms with van der Waals surface area (Å²) in [5.74, 6) is -1.10. The average Bonchev–Trinajstić information content (AvgIpc) is 3.24. The highest BCUT2D eigenvalue weighted by Crippen LogP contribution is 2.38. The van der Waals surface area contributed by atoms with Gasteiger partial charge in [0.2, 0.25) is 6.17 Å². The van der Waals surface area contributed by atoms with Gasteiger partial charge in [-0.25, -0.2) is 4.79 Å². The minimum absolute atomic E-state index is 0. The van der Waals surface area contributed by atoms with E-state index in [9.17, 15) is 19.2 Å². The number of ether oxygens (including phenoxy) is 2. The van der Waals surface area contributed by atoms with Gasteiger partial charge in [0.1, 0.15) is 10.8 Å². The van der Waals surface area contributed by atoms with Crippen molar-refractivity contribution in [2.24, 2.45) is 5.73 Å². The summed E-state index contributed by atoms with van der Waals surface area (Å²) in [4.78, 5) is 50.0. The molecule has 0 saturated carbocycles. The van der Waals surface area contributed by atoms with Gasteiger partial charge >= 0.3 is 5.97 Å². The first-order valence-corrected chi connectivity index (χ1v) is 13.8. The number of thiophene rings is 1. The van der Waals surface area contributed by atoms with E-state index < -0.39 is 18.0 Å². The van der Waals surface area contributed by atoms with Crippen LogP contribution in [-0.2, 0) is 27.3 Å². The van der Waals surface area contributed by atoms with Crippen LogP contribution in [0.5, 0.6) is 5.75 Å². The van der Waals surface area contributed by atoms with Crippen LogP contribution in [0.15, 0.2) is 18.2 Å². The predicted molar refractivity (Wildman–Crippen MR) is 150 cm³/mol. The van der Waals surface area contributed by atoms with Crippen molar-refractivity contribution in [1.82, 2.24) is 10.2 Å². The van der Waals surface area contributed by atoms with Gasteiger partial charge in [-0.3, -0.25) is 14.4 Å². The van der Waals surface area contributed by atoms with E-state index >= 15 is 0 Å². The highest BCUT2D eigenvalue weighted by molar-refractivity contribution is 7.18. The third-order valence-electron chi connectivity index (χ3n) is 6.98. The van der Waals surface area contributed by atoms with Gasteiger partial charge < -0.3 is 41.2 Å². The molecule has 1 aromatic heterocycles. The molecular formula is C26H32ClN5O7S. The van der Waals surface area contributed by atoms with Gasteiger partial charge in [0.15, 0.2) is 6.61 Å². The summed E-state index contributed by atoms with van der Waals surface area (Å²) < 4.78 is 10.9. The molecule has 40 heavy (non-hydrogen) atoms. The zero-order chi connectivity index (χ0) is 27.5. The van der Waals surface area contributed by atoms with Crippen molar-refractivity contribution >= 4 is 58.1 Å². The van der Waals surface area contributed by atoms with Gasteiger partial charge in [-0.1, -0.05) is 6.07 Å². The summed E-state index contributed by atoms with van der Waals surface area (Å²) in [7, 11) is 0. The number of nitrogens with two attached hydrogens (primary N) is 1. The van der Waals surface area contributed by atoms with Crippen molar-refractivity contribution in [2.45, 2.75) is 50.9 Å². The Hall–Kier alpha value is -3.39. The number of hydrogen-bond acceptors (Lipinski definition) is 9. The maximum Gasteiger partial charge on any atom is 0.347 e. The Kier molecular flexibility index (Phi) is 9.51. The van der Waals surface area contributed by atoms with Crippen molar-refractivity contribution < 1.29 is 33.8 Å². The van der Waals surface area contributed by atoms with Gasteiger partial charge in [0, 0.05) is 26.2 Å². The van der Waals surface area contributed by atoms with E-state index in [4.69, 9.17) is 20.3 Å². The molecule has 0 aliphatic carbocycles. The number of nitrogens with one attached hydrogen (secondary N) is 3. The lowest BCUT2D eigenvalue weighted by Gasteiger charge is -2.29. The Labute approximate surface area is 241 Å². The van der Waals surface area contributed by atoms with Crippen LogP contribution in [0.3, 0.4) is 0 Å². The van der Waals surface area contributed by atoms with Crippen LogP contribution >= 0.6 is 23.7 Å². The number of halogens is 1. The van der Waals surface area contributed by atoms with Gasteiger partial charge in [-0.2, -0.15) is 0 Å². The molecule has 216 valence electrons. The monoisotopic (exact) mass is 593 g/mol. The second-order valence-corrected chi connectivity index (χ2v) is 10.7. The number of hydrogen-bond donors (Lipinski definition) is 5. The Balaban J connectivity index is 0.000000223. The number of fused-ring (bicyclic) bond motifs is 4. The molecule has 2 aromatic rings. The molecule has 6 rings (SSSR count). The van der Waals surface area contributed by atoms with Crippen molar-refractivity contribution in [3.63, 3.8) is 0 Å². The van der Waals surface area contributed by atoms with Crippen LogP contribution in [-0.4, -0.2) is 72.3 Å². The van der Waals surface area contributed by atoms with E-state index in [1.54, 1.807) is 0 Å². The van der Waals surface area contributed by atoms with E-state index in [2.05, 4.69) is 16.0 Å². The maximum atomic E-state index is 13.1. The minimum atomic E-state index is -1.17. The smallest absolute Gasteiger partial charge is 0.347 e. The summed E-state index contributed by atoms with van der Waals surface area (Å²) in [5, 5.41) is 17.6. The molecule has 4 aliphatic rings. The van der Waals surface area contributed by atoms with Crippen molar-refractivity contribution in [3.05, 3.63) is 39.8 Å². The number of anilines is 2. The maximum absolute atomic E-state index is 13.1. The Morgan fingerprint density at radius 3 is 2.73 bits per heavy atom. The molecular weight excluding hydrogens is 562 g/mol. The van der Waals surface area contributed by atoms with Gasteiger partial charge in [0.25, 0.3) is 17.7 Å². The van der Waals surface area contributed by atoms with Crippen LogP contribution in [0, 0.1) is 0 Å². The predicted octanol–water partition coefficient (Wildman–Crippen LogP) is 2.17. The summed E-state index contributed by atoms with van der Waals surface area (Å²) in [6.07, 6.45) is 3.44. The zero-order valence-electron chi connectivity index (χ0n) is 21.7. The molecule has 0 bridgehead atoms. The quantitative estimate of drug-likeness (QED) is 0.356. The number of rotatable bonds is 4. The summed E-state index contributed by atoms with van der Waals surface area (Å²) in [6, 6.07) is 5.53. The van der Waals surface area contributed by atoms with E-state index in [1.165, 1.54) is 11.3 Å². The molecule has 0 radical (unpaired) electrons. The second kappa shape index (κ2) is 12.9. The number of benzene rings is 1. The fraction of sp³-hybridized carbons (Fsp3) is 0.462. The highest BCUT2D eigenvalue weighted by atomic mass is 35.5. The first-order valence-electron chi connectivity index (χ1n) is 13.0. The number of amides is 3. The first-order chi connectivity index (χ1) is 18.8. The topological polar surface area (TPSA) is 172 Å². The first kappa shape index (κ1) is 29.6. The van der Waals surface area contributed by atoms with Gasteiger partial charge in [-0.05, 0) is 55.4 Å².